The van der Waals surface area contributed by atoms with E-state index in [-0.39, 0.29) is 5.91 Å². The van der Waals surface area contributed by atoms with E-state index >= 15 is 0 Å². The van der Waals surface area contributed by atoms with Crippen molar-refractivity contribution in [1.29, 1.82) is 0 Å². The molecule has 2 aliphatic rings. The largest absolute Gasteiger partial charge is 0.488 e. The van der Waals surface area contributed by atoms with E-state index in [0.29, 0.717) is 18.8 Å². The number of carbonyl (C=O) groups is 1. The van der Waals surface area contributed by atoms with Gasteiger partial charge in [-0.05, 0) is 17.2 Å². The van der Waals surface area contributed by atoms with Gasteiger partial charge in [-0.1, -0.05) is 30.3 Å². The summed E-state index contributed by atoms with van der Waals surface area (Å²) in [5.41, 5.74) is 3.11. The first kappa shape index (κ1) is 10.0. The van der Waals surface area contributed by atoms with Gasteiger partial charge in [0.25, 0.3) is 0 Å². The van der Waals surface area contributed by atoms with Gasteiger partial charge in [0.05, 0.1) is 12.6 Å². The molecule has 2 heterocycles. The second-order valence-electron chi connectivity index (χ2n) is 3.97. The maximum absolute atomic E-state index is 11.4. The molecule has 1 amide bonds. The molecule has 3 heteroatoms. The predicted molar refractivity (Wildman–Crippen MR) is 66.5 cm³/mol. The molecule has 2 aliphatic heterocycles. The molecule has 1 aromatic rings. The van der Waals surface area contributed by atoms with Crippen molar-refractivity contribution in [1.82, 2.24) is 0 Å². The first-order valence-corrected chi connectivity index (χ1v) is 5.53. The van der Waals surface area contributed by atoms with Crippen LogP contribution in [-0.4, -0.2) is 18.7 Å². The standard InChI is InChI=1S/C14H11NO2/c16-14-8-12-11-6-2-1-4-10(11)5-3-7-17-13(12)9-15-14/h1-6,9H,7-8H2. The second-order valence-corrected chi connectivity index (χ2v) is 3.97. The maximum atomic E-state index is 11.4. The number of nitrogens with zero attached hydrogens (tertiary/aromatic N) is 1. The summed E-state index contributed by atoms with van der Waals surface area (Å²) in [6, 6.07) is 8.01. The summed E-state index contributed by atoms with van der Waals surface area (Å²) in [6.45, 7) is 0.507. The van der Waals surface area contributed by atoms with E-state index in [2.05, 4.69) is 4.99 Å². The number of allylic oxidation sites excluding steroid dienone is 1. The van der Waals surface area contributed by atoms with Crippen LogP contribution in [0.2, 0.25) is 0 Å². The predicted octanol–water partition coefficient (Wildman–Crippen LogP) is 2.44. The van der Waals surface area contributed by atoms with E-state index in [1.54, 1.807) is 0 Å². The monoisotopic (exact) mass is 225 g/mol. The van der Waals surface area contributed by atoms with Crippen molar-refractivity contribution in [3.05, 3.63) is 47.2 Å². The Morgan fingerprint density at radius 2 is 2.12 bits per heavy atom. The van der Waals surface area contributed by atoms with E-state index in [9.17, 15) is 4.79 Å². The SMILES string of the molecule is O=C1CC2=C(C=N1)OCC=Cc1ccccc12. The van der Waals surface area contributed by atoms with Gasteiger partial charge in [0.1, 0.15) is 12.4 Å². The lowest BCUT2D eigenvalue weighted by Crippen LogP contribution is -2.11. The summed E-state index contributed by atoms with van der Waals surface area (Å²) in [4.78, 5) is 15.2. The van der Waals surface area contributed by atoms with Crippen molar-refractivity contribution in [2.24, 2.45) is 4.99 Å². The van der Waals surface area contributed by atoms with Gasteiger partial charge in [0.2, 0.25) is 5.91 Å². The highest BCUT2D eigenvalue weighted by Crippen LogP contribution is 2.30. The average molecular weight is 225 g/mol. The summed E-state index contributed by atoms with van der Waals surface area (Å²) in [7, 11) is 0. The fourth-order valence-electron chi connectivity index (χ4n) is 2.08. The molecule has 3 rings (SSSR count). The summed E-state index contributed by atoms with van der Waals surface area (Å²) >= 11 is 0. The molecule has 0 N–H and O–H groups in total. The van der Waals surface area contributed by atoms with Gasteiger partial charge in [-0.25, -0.2) is 4.99 Å². The van der Waals surface area contributed by atoms with E-state index < -0.39 is 0 Å². The fourth-order valence-corrected chi connectivity index (χ4v) is 2.08. The van der Waals surface area contributed by atoms with Crippen LogP contribution in [0.5, 0.6) is 0 Å². The van der Waals surface area contributed by atoms with Crippen LogP contribution in [0.1, 0.15) is 17.5 Å². The second kappa shape index (κ2) is 4.01. The number of dihydropyridines is 1. The van der Waals surface area contributed by atoms with Gasteiger partial charge in [0, 0.05) is 5.57 Å². The molecule has 0 fully saturated rings. The van der Waals surface area contributed by atoms with Crippen molar-refractivity contribution in [3.8, 4) is 0 Å². The van der Waals surface area contributed by atoms with Crippen molar-refractivity contribution < 1.29 is 9.53 Å². The van der Waals surface area contributed by atoms with Crippen LogP contribution in [0.3, 0.4) is 0 Å². The van der Waals surface area contributed by atoms with Crippen LogP contribution >= 0.6 is 0 Å². The normalized spacial score (nSPS) is 18.0. The first-order chi connectivity index (χ1) is 8.34. The Kier molecular flexibility index (Phi) is 2.37. The number of benzene rings is 1. The molecule has 0 spiro atoms. The topological polar surface area (TPSA) is 38.7 Å². The molecule has 0 radical (unpaired) electrons. The van der Waals surface area contributed by atoms with Crippen molar-refractivity contribution in [3.63, 3.8) is 0 Å². The van der Waals surface area contributed by atoms with Crippen LogP contribution in [0.25, 0.3) is 11.6 Å². The molecule has 0 unspecified atom stereocenters. The Labute approximate surface area is 99.1 Å². The number of hydrogen-bond acceptors (Lipinski definition) is 2. The van der Waals surface area contributed by atoms with Crippen LogP contribution in [0.4, 0.5) is 0 Å². The summed E-state index contributed by atoms with van der Waals surface area (Å²) < 4.78 is 5.58. The zero-order chi connectivity index (χ0) is 11.7. The minimum Gasteiger partial charge on any atom is -0.488 e. The van der Waals surface area contributed by atoms with E-state index in [1.807, 2.05) is 36.4 Å². The van der Waals surface area contributed by atoms with Gasteiger partial charge in [-0.2, -0.15) is 0 Å². The third-order valence-corrected chi connectivity index (χ3v) is 2.87. The fraction of sp³-hybridized carbons (Fsp3) is 0.143. The van der Waals surface area contributed by atoms with Gasteiger partial charge in [-0.3, -0.25) is 4.79 Å². The van der Waals surface area contributed by atoms with Gasteiger partial charge >= 0.3 is 0 Å². The Balaban J connectivity index is 2.20. The Morgan fingerprint density at radius 3 is 3.06 bits per heavy atom. The molecular weight excluding hydrogens is 214 g/mol. The van der Waals surface area contributed by atoms with Gasteiger partial charge < -0.3 is 4.74 Å². The van der Waals surface area contributed by atoms with Gasteiger partial charge in [0.15, 0.2) is 0 Å². The Bertz CT molecular complexity index is 567. The van der Waals surface area contributed by atoms with Crippen LogP contribution in [0, 0.1) is 0 Å². The molecule has 0 aromatic heterocycles. The highest BCUT2D eigenvalue weighted by molar-refractivity contribution is 6.06. The van der Waals surface area contributed by atoms with E-state index in [4.69, 9.17) is 4.74 Å². The number of carbonyl (C=O) groups excluding carboxylic acids is 1. The molecule has 0 saturated carbocycles. The maximum Gasteiger partial charge on any atom is 0.250 e. The summed E-state index contributed by atoms with van der Waals surface area (Å²) in [5.74, 6) is 0.591. The van der Waals surface area contributed by atoms with Gasteiger partial charge in [-0.15, -0.1) is 0 Å². The molecule has 3 nitrogen and oxygen atoms in total. The van der Waals surface area contributed by atoms with Crippen molar-refractivity contribution in [2.75, 3.05) is 6.61 Å². The van der Waals surface area contributed by atoms with E-state index in [0.717, 1.165) is 16.7 Å². The highest BCUT2D eigenvalue weighted by atomic mass is 16.5. The molecule has 1 aromatic carbocycles. The molecule has 17 heavy (non-hydrogen) atoms. The lowest BCUT2D eigenvalue weighted by molar-refractivity contribution is -0.116. The molecule has 0 aliphatic carbocycles. The number of hydrogen-bond donors (Lipinski definition) is 0. The molecule has 0 bridgehead atoms. The third-order valence-electron chi connectivity index (χ3n) is 2.87. The Morgan fingerprint density at radius 1 is 1.24 bits per heavy atom. The number of aliphatic imine (C=N–C) groups is 1. The van der Waals surface area contributed by atoms with Crippen molar-refractivity contribution >= 4 is 23.8 Å². The van der Waals surface area contributed by atoms with Crippen LogP contribution in [0.15, 0.2) is 41.1 Å². The summed E-state index contributed by atoms with van der Waals surface area (Å²) in [6.07, 6.45) is 5.83. The first-order valence-electron chi connectivity index (χ1n) is 5.53. The smallest absolute Gasteiger partial charge is 0.250 e. The number of fused-ring (bicyclic) bond motifs is 2. The zero-order valence-electron chi connectivity index (χ0n) is 9.22. The lowest BCUT2D eigenvalue weighted by atomic mass is 9.94. The third kappa shape index (κ3) is 1.80. The molecule has 0 saturated heterocycles. The molecule has 0 atom stereocenters. The molecule has 84 valence electrons. The van der Waals surface area contributed by atoms with E-state index in [1.165, 1.54) is 6.21 Å². The van der Waals surface area contributed by atoms with Crippen molar-refractivity contribution in [2.45, 2.75) is 6.42 Å². The number of rotatable bonds is 0. The summed E-state index contributed by atoms with van der Waals surface area (Å²) in [5, 5.41) is 0. The lowest BCUT2D eigenvalue weighted by Gasteiger charge is -2.18. The Hall–Kier alpha value is -2.16. The van der Waals surface area contributed by atoms with Crippen LogP contribution < -0.4 is 0 Å². The highest BCUT2D eigenvalue weighted by Gasteiger charge is 2.20. The number of amides is 1. The number of ether oxygens (including phenoxy) is 1. The van der Waals surface area contributed by atoms with Crippen LogP contribution in [-0.2, 0) is 9.53 Å². The average Bonchev–Trinajstić information content (AvgIpc) is 2.34. The minimum atomic E-state index is -0.119. The zero-order valence-corrected chi connectivity index (χ0v) is 9.22. The minimum absolute atomic E-state index is 0.119. The molecular formula is C14H11NO2. The quantitative estimate of drug-likeness (QED) is 0.680.